The van der Waals surface area contributed by atoms with Gasteiger partial charge in [0.05, 0.1) is 13.2 Å². The maximum absolute atomic E-state index is 12.3. The molecule has 0 spiro atoms. The normalized spacial score (nSPS) is 17.5. The number of ether oxygens (including phenoxy) is 1. The van der Waals surface area contributed by atoms with Crippen molar-refractivity contribution in [1.29, 1.82) is 0 Å². The van der Waals surface area contributed by atoms with E-state index in [2.05, 4.69) is 34.6 Å². The molecule has 2 aromatic carbocycles. The molecule has 0 aromatic heterocycles. The first-order valence-corrected chi connectivity index (χ1v) is 10.2. The molecule has 154 valence electrons. The molecule has 2 atom stereocenters. The summed E-state index contributed by atoms with van der Waals surface area (Å²) in [5, 5.41) is 5.71. The molecule has 2 aromatic rings. The molecule has 0 radical (unpaired) electrons. The molecule has 1 aliphatic rings. The van der Waals surface area contributed by atoms with Crippen molar-refractivity contribution in [2.75, 3.05) is 26.2 Å². The van der Waals surface area contributed by atoms with E-state index in [0.29, 0.717) is 18.2 Å². The summed E-state index contributed by atoms with van der Waals surface area (Å²) in [6.45, 7) is 6.40. The topological polar surface area (TPSA) is 70.7 Å². The van der Waals surface area contributed by atoms with Crippen LogP contribution in [-0.4, -0.2) is 49.0 Å². The van der Waals surface area contributed by atoms with Gasteiger partial charge in [-0.2, -0.15) is 0 Å². The van der Waals surface area contributed by atoms with Crippen LogP contribution in [0.5, 0.6) is 5.75 Å². The highest BCUT2D eigenvalue weighted by Gasteiger charge is 2.27. The van der Waals surface area contributed by atoms with Gasteiger partial charge in [-0.3, -0.25) is 14.5 Å². The van der Waals surface area contributed by atoms with Gasteiger partial charge < -0.3 is 15.4 Å². The van der Waals surface area contributed by atoms with Gasteiger partial charge in [0.15, 0.2) is 0 Å². The van der Waals surface area contributed by atoms with Crippen LogP contribution in [-0.2, 0) is 4.79 Å². The lowest BCUT2D eigenvalue weighted by Gasteiger charge is -2.24. The number of nitrogens with zero attached hydrogens (tertiary/aromatic N) is 1. The van der Waals surface area contributed by atoms with Gasteiger partial charge in [-0.15, -0.1) is 0 Å². The highest BCUT2D eigenvalue weighted by molar-refractivity contribution is 5.96. The SMILES string of the molecule is CCOc1ccc(C(=O)NCC(=O)NC2CCN(C(C)c3ccccc3)C2)cc1. The monoisotopic (exact) mass is 395 g/mol. The number of hydrogen-bond acceptors (Lipinski definition) is 4. The van der Waals surface area contributed by atoms with Crippen molar-refractivity contribution >= 4 is 11.8 Å². The molecule has 6 heteroatoms. The van der Waals surface area contributed by atoms with Crippen molar-refractivity contribution in [1.82, 2.24) is 15.5 Å². The summed E-state index contributed by atoms with van der Waals surface area (Å²) in [6.07, 6.45) is 0.912. The van der Waals surface area contributed by atoms with Gasteiger partial charge >= 0.3 is 0 Å². The molecule has 1 aliphatic heterocycles. The highest BCUT2D eigenvalue weighted by atomic mass is 16.5. The van der Waals surface area contributed by atoms with Crippen molar-refractivity contribution in [3.63, 3.8) is 0 Å². The Bertz CT molecular complexity index is 808. The molecule has 1 fully saturated rings. The summed E-state index contributed by atoms with van der Waals surface area (Å²) in [4.78, 5) is 26.8. The van der Waals surface area contributed by atoms with E-state index in [1.54, 1.807) is 24.3 Å². The van der Waals surface area contributed by atoms with Crippen LogP contribution in [0.2, 0.25) is 0 Å². The third-order valence-electron chi connectivity index (χ3n) is 5.25. The highest BCUT2D eigenvalue weighted by Crippen LogP contribution is 2.24. The minimum Gasteiger partial charge on any atom is -0.494 e. The summed E-state index contributed by atoms with van der Waals surface area (Å²) >= 11 is 0. The second kappa shape index (κ2) is 10.1. The third kappa shape index (κ3) is 5.81. The zero-order chi connectivity index (χ0) is 20.6. The van der Waals surface area contributed by atoms with Crippen molar-refractivity contribution in [2.24, 2.45) is 0 Å². The maximum Gasteiger partial charge on any atom is 0.251 e. The lowest BCUT2D eigenvalue weighted by atomic mass is 10.1. The minimum absolute atomic E-state index is 0.0310. The van der Waals surface area contributed by atoms with Crippen LogP contribution < -0.4 is 15.4 Å². The number of carbonyl (C=O) groups excluding carboxylic acids is 2. The Balaban J connectivity index is 1.42. The number of benzene rings is 2. The number of hydrogen-bond donors (Lipinski definition) is 2. The van der Waals surface area contributed by atoms with Gasteiger partial charge in [-0.1, -0.05) is 30.3 Å². The molecule has 3 rings (SSSR count). The fraction of sp³-hybridized carbons (Fsp3) is 0.391. The fourth-order valence-electron chi connectivity index (χ4n) is 3.61. The zero-order valence-electron chi connectivity index (χ0n) is 17.1. The molecule has 2 N–H and O–H groups in total. The van der Waals surface area contributed by atoms with Gasteiger partial charge in [0, 0.05) is 30.7 Å². The lowest BCUT2D eigenvalue weighted by Crippen LogP contribution is -2.43. The molecular weight excluding hydrogens is 366 g/mol. The summed E-state index contributed by atoms with van der Waals surface area (Å²) < 4.78 is 5.37. The average Bonchev–Trinajstić information content (AvgIpc) is 3.21. The van der Waals surface area contributed by atoms with Crippen LogP contribution in [0.15, 0.2) is 54.6 Å². The van der Waals surface area contributed by atoms with E-state index in [0.717, 1.165) is 25.3 Å². The molecule has 1 heterocycles. The van der Waals surface area contributed by atoms with E-state index >= 15 is 0 Å². The Morgan fingerprint density at radius 3 is 2.55 bits per heavy atom. The first-order valence-electron chi connectivity index (χ1n) is 10.2. The van der Waals surface area contributed by atoms with E-state index in [4.69, 9.17) is 4.74 Å². The van der Waals surface area contributed by atoms with Crippen LogP contribution in [0.4, 0.5) is 0 Å². The number of rotatable bonds is 8. The predicted octanol–water partition coefficient (Wildman–Crippen LogP) is 2.77. The van der Waals surface area contributed by atoms with Gasteiger partial charge in [0.25, 0.3) is 5.91 Å². The zero-order valence-corrected chi connectivity index (χ0v) is 17.1. The van der Waals surface area contributed by atoms with Crippen molar-refractivity contribution < 1.29 is 14.3 Å². The Kier molecular flexibility index (Phi) is 7.25. The van der Waals surface area contributed by atoms with E-state index < -0.39 is 0 Å². The minimum atomic E-state index is -0.269. The second-order valence-electron chi connectivity index (χ2n) is 7.27. The molecule has 0 saturated carbocycles. The number of nitrogens with one attached hydrogen (secondary N) is 2. The Morgan fingerprint density at radius 2 is 1.86 bits per heavy atom. The number of carbonyl (C=O) groups is 2. The number of amides is 2. The summed E-state index contributed by atoms with van der Waals surface area (Å²) in [7, 11) is 0. The van der Waals surface area contributed by atoms with Crippen LogP contribution in [0.3, 0.4) is 0 Å². The van der Waals surface area contributed by atoms with Crippen molar-refractivity contribution in [3.05, 3.63) is 65.7 Å². The predicted molar refractivity (Wildman–Crippen MR) is 113 cm³/mol. The average molecular weight is 396 g/mol. The Labute approximate surface area is 172 Å². The molecule has 2 amide bonds. The van der Waals surface area contributed by atoms with E-state index in [1.165, 1.54) is 5.56 Å². The van der Waals surface area contributed by atoms with E-state index in [1.807, 2.05) is 25.1 Å². The smallest absolute Gasteiger partial charge is 0.251 e. The maximum atomic E-state index is 12.3. The molecule has 1 saturated heterocycles. The van der Waals surface area contributed by atoms with Crippen LogP contribution >= 0.6 is 0 Å². The Hall–Kier alpha value is -2.86. The molecule has 2 unspecified atom stereocenters. The van der Waals surface area contributed by atoms with Crippen LogP contribution in [0, 0.1) is 0 Å². The standard InChI is InChI=1S/C23H29N3O3/c1-3-29-21-11-9-19(10-12-21)23(28)24-15-22(27)25-20-13-14-26(16-20)17(2)18-7-5-4-6-8-18/h4-12,17,20H,3,13-16H2,1-2H3,(H,24,28)(H,25,27). The summed E-state index contributed by atoms with van der Waals surface area (Å²) in [6, 6.07) is 17.7. The van der Waals surface area contributed by atoms with E-state index in [-0.39, 0.29) is 24.4 Å². The van der Waals surface area contributed by atoms with Gasteiger partial charge in [0.1, 0.15) is 5.75 Å². The first kappa shape index (κ1) is 20.9. The van der Waals surface area contributed by atoms with Crippen molar-refractivity contribution in [2.45, 2.75) is 32.4 Å². The van der Waals surface area contributed by atoms with Crippen LogP contribution in [0.25, 0.3) is 0 Å². The summed E-state index contributed by atoms with van der Waals surface area (Å²) in [5.41, 5.74) is 1.78. The summed E-state index contributed by atoms with van der Waals surface area (Å²) in [5.74, 6) is 0.287. The molecule has 6 nitrogen and oxygen atoms in total. The quantitative estimate of drug-likeness (QED) is 0.721. The molecular formula is C23H29N3O3. The van der Waals surface area contributed by atoms with Crippen LogP contribution in [0.1, 0.15) is 42.2 Å². The van der Waals surface area contributed by atoms with Gasteiger partial charge in [-0.25, -0.2) is 0 Å². The lowest BCUT2D eigenvalue weighted by molar-refractivity contribution is -0.120. The molecule has 29 heavy (non-hydrogen) atoms. The fourth-order valence-corrected chi connectivity index (χ4v) is 3.61. The van der Waals surface area contributed by atoms with Crippen molar-refractivity contribution in [3.8, 4) is 5.75 Å². The molecule has 0 bridgehead atoms. The third-order valence-corrected chi connectivity index (χ3v) is 5.25. The first-order chi connectivity index (χ1) is 14.1. The largest absolute Gasteiger partial charge is 0.494 e. The number of likely N-dealkylation sites (tertiary alicyclic amines) is 1. The van der Waals surface area contributed by atoms with E-state index in [9.17, 15) is 9.59 Å². The van der Waals surface area contributed by atoms with Gasteiger partial charge in [-0.05, 0) is 50.1 Å². The molecule has 0 aliphatic carbocycles. The second-order valence-corrected chi connectivity index (χ2v) is 7.27. The van der Waals surface area contributed by atoms with Gasteiger partial charge in [0.2, 0.25) is 5.91 Å². The Morgan fingerprint density at radius 1 is 1.14 bits per heavy atom.